The molecule has 0 amide bonds. The molecule has 0 bridgehead atoms. The third kappa shape index (κ3) is 1.61. The molecule has 5 heteroatoms. The molecule has 1 aliphatic heterocycles. The highest BCUT2D eigenvalue weighted by molar-refractivity contribution is 5.92. The van der Waals surface area contributed by atoms with Gasteiger partial charge in [-0.15, -0.1) is 0 Å². The van der Waals surface area contributed by atoms with Gasteiger partial charge in [-0.25, -0.2) is 4.79 Å². The lowest BCUT2D eigenvalue weighted by atomic mass is 9.93. The maximum atomic E-state index is 11.6. The van der Waals surface area contributed by atoms with E-state index in [-0.39, 0.29) is 23.8 Å². The lowest BCUT2D eigenvalue weighted by Gasteiger charge is -2.16. The Morgan fingerprint density at radius 2 is 2.38 bits per heavy atom. The highest BCUT2D eigenvalue weighted by atomic mass is 16.7. The molecule has 16 heavy (non-hydrogen) atoms. The summed E-state index contributed by atoms with van der Waals surface area (Å²) in [5.41, 5.74) is 0.504. The first-order valence-corrected chi connectivity index (χ1v) is 5.29. The number of carbonyl (C=O) groups excluding carboxylic acids is 2. The summed E-state index contributed by atoms with van der Waals surface area (Å²) in [5.74, 6) is -1.27. The van der Waals surface area contributed by atoms with Gasteiger partial charge in [0, 0.05) is 12.7 Å². The zero-order valence-electron chi connectivity index (χ0n) is 9.26. The van der Waals surface area contributed by atoms with Gasteiger partial charge in [-0.1, -0.05) is 6.08 Å². The molecule has 0 aromatic rings. The van der Waals surface area contributed by atoms with Gasteiger partial charge in [-0.05, 0) is 13.3 Å². The standard InChI is InChI=1S/C11H14O5/c1-3-15-9(12)6-4-5-7-8(6)11(14-2)16-10(7)13/h4,7-8,11H,3,5H2,1-2H3/t7-,8+,11+/m0/s1. The van der Waals surface area contributed by atoms with Crippen molar-refractivity contribution in [3.8, 4) is 0 Å². The number of hydrogen-bond acceptors (Lipinski definition) is 5. The van der Waals surface area contributed by atoms with E-state index in [1.54, 1.807) is 13.0 Å². The number of esters is 2. The normalized spacial score (nSPS) is 32.0. The molecule has 1 fully saturated rings. The summed E-state index contributed by atoms with van der Waals surface area (Å²) in [6.45, 7) is 2.06. The van der Waals surface area contributed by atoms with E-state index in [9.17, 15) is 9.59 Å². The van der Waals surface area contributed by atoms with E-state index in [1.165, 1.54) is 7.11 Å². The molecule has 0 spiro atoms. The van der Waals surface area contributed by atoms with Crippen LogP contribution >= 0.6 is 0 Å². The molecular formula is C11H14O5. The number of allylic oxidation sites excluding steroid dienone is 1. The average Bonchev–Trinajstić information content (AvgIpc) is 2.80. The van der Waals surface area contributed by atoms with Crippen molar-refractivity contribution in [2.24, 2.45) is 11.8 Å². The third-order valence-electron chi connectivity index (χ3n) is 2.96. The molecule has 0 aromatic carbocycles. The Bertz CT molecular complexity index is 346. The monoisotopic (exact) mass is 226 g/mol. The number of carbonyl (C=O) groups is 2. The van der Waals surface area contributed by atoms with Crippen molar-refractivity contribution in [2.45, 2.75) is 19.6 Å². The van der Waals surface area contributed by atoms with E-state index in [0.717, 1.165) is 0 Å². The summed E-state index contributed by atoms with van der Waals surface area (Å²) in [5, 5.41) is 0. The zero-order valence-corrected chi connectivity index (χ0v) is 9.26. The van der Waals surface area contributed by atoms with Crippen LogP contribution in [0.3, 0.4) is 0 Å². The Kier molecular flexibility index (Phi) is 2.96. The second-order valence-corrected chi connectivity index (χ2v) is 3.79. The molecule has 0 unspecified atom stereocenters. The fourth-order valence-electron chi connectivity index (χ4n) is 2.24. The quantitative estimate of drug-likeness (QED) is 0.661. The smallest absolute Gasteiger partial charge is 0.334 e. The maximum absolute atomic E-state index is 11.6. The highest BCUT2D eigenvalue weighted by Gasteiger charge is 2.51. The maximum Gasteiger partial charge on any atom is 0.334 e. The highest BCUT2D eigenvalue weighted by Crippen LogP contribution is 2.42. The number of ether oxygens (including phenoxy) is 3. The number of methoxy groups -OCH3 is 1. The molecule has 1 saturated heterocycles. The van der Waals surface area contributed by atoms with Crippen LogP contribution in [-0.2, 0) is 23.8 Å². The van der Waals surface area contributed by atoms with Crippen molar-refractivity contribution in [3.05, 3.63) is 11.6 Å². The van der Waals surface area contributed by atoms with Crippen LogP contribution in [0.2, 0.25) is 0 Å². The Morgan fingerprint density at radius 3 is 3.00 bits per heavy atom. The Hall–Kier alpha value is -1.36. The topological polar surface area (TPSA) is 61.8 Å². The minimum absolute atomic E-state index is 0.288. The van der Waals surface area contributed by atoms with Crippen molar-refractivity contribution in [1.82, 2.24) is 0 Å². The molecule has 2 rings (SSSR count). The van der Waals surface area contributed by atoms with Crippen LogP contribution in [0, 0.1) is 11.8 Å². The fraction of sp³-hybridized carbons (Fsp3) is 0.636. The molecule has 0 aromatic heterocycles. The van der Waals surface area contributed by atoms with Crippen LogP contribution in [0.25, 0.3) is 0 Å². The average molecular weight is 226 g/mol. The van der Waals surface area contributed by atoms with E-state index in [1.807, 2.05) is 0 Å². The van der Waals surface area contributed by atoms with Crippen LogP contribution in [0.1, 0.15) is 13.3 Å². The molecule has 0 radical (unpaired) electrons. The van der Waals surface area contributed by atoms with Gasteiger partial charge in [0.05, 0.1) is 18.4 Å². The van der Waals surface area contributed by atoms with Crippen molar-refractivity contribution in [1.29, 1.82) is 0 Å². The second-order valence-electron chi connectivity index (χ2n) is 3.79. The van der Waals surface area contributed by atoms with Gasteiger partial charge in [0.15, 0.2) is 0 Å². The predicted molar refractivity (Wildman–Crippen MR) is 53.2 cm³/mol. The predicted octanol–water partition coefficient (Wildman–Crippen LogP) is 0.641. The van der Waals surface area contributed by atoms with Crippen LogP contribution in [0.4, 0.5) is 0 Å². The third-order valence-corrected chi connectivity index (χ3v) is 2.96. The molecule has 2 aliphatic rings. The van der Waals surface area contributed by atoms with Gasteiger partial charge in [-0.3, -0.25) is 4.79 Å². The molecule has 1 heterocycles. The molecule has 88 valence electrons. The fourth-order valence-corrected chi connectivity index (χ4v) is 2.24. The van der Waals surface area contributed by atoms with Crippen molar-refractivity contribution >= 4 is 11.9 Å². The summed E-state index contributed by atoms with van der Waals surface area (Å²) in [6.07, 6.45) is 1.62. The minimum atomic E-state index is -0.657. The van der Waals surface area contributed by atoms with Gasteiger partial charge in [0.1, 0.15) is 0 Å². The van der Waals surface area contributed by atoms with Gasteiger partial charge >= 0.3 is 11.9 Å². The minimum Gasteiger partial charge on any atom is -0.463 e. The number of cyclic esters (lactones) is 1. The van der Waals surface area contributed by atoms with E-state index in [2.05, 4.69) is 0 Å². The van der Waals surface area contributed by atoms with Crippen LogP contribution in [-0.4, -0.2) is 31.9 Å². The number of hydrogen-bond donors (Lipinski definition) is 0. The Labute approximate surface area is 93.4 Å². The van der Waals surface area contributed by atoms with Crippen molar-refractivity contribution in [3.63, 3.8) is 0 Å². The van der Waals surface area contributed by atoms with E-state index < -0.39 is 6.29 Å². The Morgan fingerprint density at radius 1 is 1.62 bits per heavy atom. The van der Waals surface area contributed by atoms with Crippen molar-refractivity contribution in [2.75, 3.05) is 13.7 Å². The number of fused-ring (bicyclic) bond motifs is 1. The van der Waals surface area contributed by atoms with Gasteiger partial charge in [-0.2, -0.15) is 0 Å². The van der Waals surface area contributed by atoms with Gasteiger partial charge in [0.2, 0.25) is 6.29 Å². The lowest BCUT2D eigenvalue weighted by Crippen LogP contribution is -2.25. The largest absolute Gasteiger partial charge is 0.463 e. The first-order valence-electron chi connectivity index (χ1n) is 5.29. The van der Waals surface area contributed by atoms with E-state index >= 15 is 0 Å². The molecule has 5 nitrogen and oxygen atoms in total. The Balaban J connectivity index is 2.17. The summed E-state index contributed by atoms with van der Waals surface area (Å²) in [7, 11) is 1.46. The molecular weight excluding hydrogens is 212 g/mol. The lowest BCUT2D eigenvalue weighted by molar-refractivity contribution is -0.162. The summed E-state index contributed by atoms with van der Waals surface area (Å²) >= 11 is 0. The van der Waals surface area contributed by atoms with E-state index in [4.69, 9.17) is 14.2 Å². The summed E-state index contributed by atoms with van der Waals surface area (Å²) in [4.78, 5) is 23.1. The summed E-state index contributed by atoms with van der Waals surface area (Å²) in [6, 6.07) is 0. The first kappa shape index (κ1) is 11.1. The number of rotatable bonds is 3. The van der Waals surface area contributed by atoms with Gasteiger partial charge in [0.25, 0.3) is 0 Å². The van der Waals surface area contributed by atoms with Crippen LogP contribution in [0.5, 0.6) is 0 Å². The van der Waals surface area contributed by atoms with E-state index in [0.29, 0.717) is 18.6 Å². The zero-order chi connectivity index (χ0) is 11.7. The molecule has 3 atom stereocenters. The van der Waals surface area contributed by atoms with Crippen molar-refractivity contribution < 1.29 is 23.8 Å². The molecule has 0 saturated carbocycles. The first-order chi connectivity index (χ1) is 7.69. The second kappa shape index (κ2) is 4.25. The SMILES string of the molecule is CCOC(=O)C1=CC[C@@H]2C(=O)O[C@@H](OC)[C@H]12. The van der Waals surface area contributed by atoms with Crippen LogP contribution < -0.4 is 0 Å². The molecule has 0 N–H and O–H groups in total. The van der Waals surface area contributed by atoms with Crippen LogP contribution in [0.15, 0.2) is 11.6 Å². The summed E-state index contributed by atoms with van der Waals surface area (Å²) < 4.78 is 15.0. The van der Waals surface area contributed by atoms with Gasteiger partial charge < -0.3 is 14.2 Å². The molecule has 1 aliphatic carbocycles.